The molecule has 0 fully saturated rings. The fourth-order valence-corrected chi connectivity index (χ4v) is 5.41. The van der Waals surface area contributed by atoms with Gasteiger partial charge in [-0.25, -0.2) is 0 Å². The third-order valence-electron chi connectivity index (χ3n) is 7.51. The van der Waals surface area contributed by atoms with Crippen LogP contribution in [0.15, 0.2) is 114 Å². The van der Waals surface area contributed by atoms with E-state index in [1.165, 1.54) is 11.1 Å². The fourth-order valence-electron chi connectivity index (χ4n) is 5.41. The van der Waals surface area contributed by atoms with Gasteiger partial charge in [-0.3, -0.25) is 4.98 Å². The fraction of sp³-hybridized carbons (Fsp3) is 0.179. The number of para-hydroxylation sites is 3. The number of hydrogen-bond donors (Lipinski definition) is 0. The van der Waals surface area contributed by atoms with Gasteiger partial charge in [-0.15, -0.1) is 35.9 Å². The van der Waals surface area contributed by atoms with Crippen molar-refractivity contribution in [2.45, 2.75) is 46.4 Å². The van der Waals surface area contributed by atoms with Crippen LogP contribution >= 0.6 is 0 Å². The Bertz CT molecular complexity index is 2040. The molecule has 7 rings (SSSR count). The van der Waals surface area contributed by atoms with Gasteiger partial charge in [0, 0.05) is 47.9 Å². The van der Waals surface area contributed by atoms with Crippen molar-refractivity contribution in [2.75, 3.05) is 0 Å². The van der Waals surface area contributed by atoms with Crippen LogP contribution in [0.3, 0.4) is 0 Å². The monoisotopic (exact) mass is 757 g/mol. The van der Waals surface area contributed by atoms with Crippen LogP contribution < -0.4 is 0 Å². The van der Waals surface area contributed by atoms with Gasteiger partial charge < -0.3 is 14.0 Å². The van der Waals surface area contributed by atoms with Crippen LogP contribution in [0.2, 0.25) is 0 Å². The Morgan fingerprint density at radius 3 is 2.25 bits per heavy atom. The van der Waals surface area contributed by atoms with Gasteiger partial charge in [-0.05, 0) is 53.7 Å². The minimum absolute atomic E-state index is 0. The summed E-state index contributed by atoms with van der Waals surface area (Å²) in [5.41, 5.74) is 8.94. The number of furan rings is 1. The number of rotatable bonds is 5. The Balaban J connectivity index is 0.000000280. The Labute approximate surface area is 277 Å². The van der Waals surface area contributed by atoms with Crippen LogP contribution in [0.1, 0.15) is 60.3 Å². The van der Waals surface area contributed by atoms with Crippen LogP contribution in [-0.2, 0) is 20.1 Å². The average molecular weight is 757 g/mol. The first kappa shape index (κ1) is 27.3. The van der Waals surface area contributed by atoms with Crippen molar-refractivity contribution in [2.24, 2.45) is 0 Å². The van der Waals surface area contributed by atoms with Gasteiger partial charge in [0.15, 0.2) is 0 Å². The Kier molecular flexibility index (Phi) is 8.39. The van der Waals surface area contributed by atoms with Crippen LogP contribution in [0.4, 0.5) is 0 Å². The van der Waals surface area contributed by atoms with Gasteiger partial charge in [0.1, 0.15) is 0 Å². The number of hydrogen-bond acceptors (Lipinski definition) is 3. The predicted molar refractivity (Wildman–Crippen MR) is 177 cm³/mol. The van der Waals surface area contributed by atoms with E-state index in [-0.39, 0.29) is 25.7 Å². The van der Waals surface area contributed by atoms with Gasteiger partial charge in [0.2, 0.25) is 0 Å². The van der Waals surface area contributed by atoms with E-state index in [1.54, 1.807) is 24.4 Å². The first-order valence-electron chi connectivity index (χ1n) is 16.1. The molecule has 44 heavy (non-hydrogen) atoms. The van der Waals surface area contributed by atoms with E-state index < -0.39 is 6.85 Å². The number of pyridine rings is 1. The van der Waals surface area contributed by atoms with E-state index in [0.717, 1.165) is 28.0 Å². The van der Waals surface area contributed by atoms with Gasteiger partial charge in [0.05, 0.1) is 16.9 Å². The van der Waals surface area contributed by atoms with E-state index in [2.05, 4.69) is 73.8 Å². The molecular formula is C39H35IrN3O-2. The van der Waals surface area contributed by atoms with Gasteiger partial charge in [-0.1, -0.05) is 105 Å². The SMILES string of the molecule is [2H]C([2H])([2H])c1ccc2o[c-]c(-c3nc4ccccc4n3-c3c(C(C)C)cccc3C(C)C)c2c1.[Ir].[c-]1ccccc1-c1ccccn1. The normalized spacial score (nSPS) is 12.4. The molecule has 0 aliphatic rings. The zero-order valence-electron chi connectivity index (χ0n) is 28.1. The Morgan fingerprint density at radius 2 is 1.57 bits per heavy atom. The van der Waals surface area contributed by atoms with Crippen molar-refractivity contribution in [1.82, 2.24) is 14.5 Å². The van der Waals surface area contributed by atoms with E-state index >= 15 is 0 Å². The van der Waals surface area contributed by atoms with E-state index in [1.807, 2.05) is 60.7 Å². The number of nitrogens with zero attached hydrogens (tertiary/aromatic N) is 3. The summed E-state index contributed by atoms with van der Waals surface area (Å²) in [6.07, 6.45) is 4.82. The zero-order chi connectivity index (χ0) is 32.4. The second-order valence-electron chi connectivity index (χ2n) is 11.1. The number of fused-ring (bicyclic) bond motifs is 2. The molecule has 4 aromatic carbocycles. The Hall–Kier alpha value is -4.31. The summed E-state index contributed by atoms with van der Waals surface area (Å²) in [6.45, 7) is 6.58. The summed E-state index contributed by atoms with van der Waals surface area (Å²) in [6, 6.07) is 36.3. The van der Waals surface area contributed by atoms with Gasteiger partial charge in [0.25, 0.3) is 0 Å². The molecule has 4 nitrogen and oxygen atoms in total. The molecule has 7 aromatic rings. The van der Waals surface area contributed by atoms with Crippen molar-refractivity contribution in [3.05, 3.63) is 138 Å². The molecule has 0 saturated carbocycles. The number of imidazole rings is 1. The molecule has 0 unspecified atom stereocenters. The largest absolute Gasteiger partial charge is 0.557 e. The maximum absolute atomic E-state index is 7.86. The topological polar surface area (TPSA) is 43.9 Å². The summed E-state index contributed by atoms with van der Waals surface area (Å²) in [7, 11) is 0. The van der Waals surface area contributed by atoms with Crippen LogP contribution in [0, 0.1) is 19.2 Å². The summed E-state index contributed by atoms with van der Waals surface area (Å²) in [5, 5.41) is 0.693. The molecule has 0 bridgehead atoms. The average Bonchev–Trinajstić information content (AvgIpc) is 3.66. The second kappa shape index (κ2) is 13.5. The van der Waals surface area contributed by atoms with Crippen molar-refractivity contribution in [3.63, 3.8) is 0 Å². The van der Waals surface area contributed by atoms with E-state index in [4.69, 9.17) is 13.5 Å². The predicted octanol–water partition coefficient (Wildman–Crippen LogP) is 10.3. The minimum Gasteiger partial charge on any atom is -0.557 e. The molecule has 5 heteroatoms. The summed E-state index contributed by atoms with van der Waals surface area (Å²) in [5.74, 6) is 1.29. The summed E-state index contributed by atoms with van der Waals surface area (Å²) < 4.78 is 31.5. The number of benzene rings is 4. The first-order valence-corrected chi connectivity index (χ1v) is 14.6. The van der Waals surface area contributed by atoms with Crippen molar-refractivity contribution < 1.29 is 28.6 Å². The molecule has 0 aliphatic carbocycles. The molecule has 0 amide bonds. The summed E-state index contributed by atoms with van der Waals surface area (Å²) in [4.78, 5) is 9.22. The van der Waals surface area contributed by atoms with Crippen LogP contribution in [0.5, 0.6) is 0 Å². The van der Waals surface area contributed by atoms with Crippen LogP contribution in [0.25, 0.3) is 50.3 Å². The standard InChI is InChI=1S/C28H27N2O.C11H8N.Ir/c1-17(2)20-9-8-10-21(18(3)4)27(20)30-25-12-7-6-11-24(25)29-28(30)23-16-31-26-14-13-19(5)15-22(23)26;1-2-6-10(7-3-1)11-8-4-5-9-12-11;/h6-15,17-18H,1-5H3;1-6,8-9H;/q2*-1;/i5D3;;. The van der Waals surface area contributed by atoms with Crippen molar-refractivity contribution >= 4 is 22.0 Å². The number of aromatic nitrogens is 3. The molecule has 223 valence electrons. The molecule has 3 aromatic heterocycles. The third kappa shape index (κ3) is 6.17. The molecule has 3 heterocycles. The summed E-state index contributed by atoms with van der Waals surface area (Å²) >= 11 is 0. The number of aryl methyl sites for hydroxylation is 1. The maximum Gasteiger partial charge on any atom is 0.0774 e. The molecular weight excluding hydrogens is 719 g/mol. The molecule has 0 aliphatic heterocycles. The smallest absolute Gasteiger partial charge is 0.0774 e. The van der Waals surface area contributed by atoms with Crippen LogP contribution in [-0.4, -0.2) is 14.5 Å². The first-order chi connectivity index (χ1) is 22.1. The van der Waals surface area contributed by atoms with Gasteiger partial charge in [-0.2, -0.15) is 0 Å². The minimum atomic E-state index is -2.21. The quantitative estimate of drug-likeness (QED) is 0.164. The third-order valence-corrected chi connectivity index (χ3v) is 7.51. The molecule has 0 saturated heterocycles. The zero-order valence-corrected chi connectivity index (χ0v) is 27.5. The molecule has 0 atom stereocenters. The molecule has 0 N–H and O–H groups in total. The second-order valence-corrected chi connectivity index (χ2v) is 11.1. The molecule has 0 spiro atoms. The van der Waals surface area contributed by atoms with Crippen molar-refractivity contribution in [1.29, 1.82) is 0 Å². The van der Waals surface area contributed by atoms with E-state index in [0.29, 0.717) is 34.2 Å². The Morgan fingerprint density at radius 1 is 0.818 bits per heavy atom. The maximum atomic E-state index is 7.86. The van der Waals surface area contributed by atoms with E-state index in [9.17, 15) is 0 Å². The van der Waals surface area contributed by atoms with Crippen molar-refractivity contribution in [3.8, 4) is 28.3 Å². The molecule has 1 radical (unpaired) electrons. The van der Waals surface area contributed by atoms with Gasteiger partial charge >= 0.3 is 0 Å².